The quantitative estimate of drug-likeness (QED) is 0.664. The number of carbonyl (C=O) groups is 1. The summed E-state index contributed by atoms with van der Waals surface area (Å²) in [7, 11) is 0. The monoisotopic (exact) mass is 246 g/mol. The van der Waals surface area contributed by atoms with Crippen LogP contribution < -0.4 is 0 Å². The van der Waals surface area contributed by atoms with Crippen LogP contribution in [0.2, 0.25) is 0 Å². The van der Waals surface area contributed by atoms with E-state index in [1.807, 2.05) is 0 Å². The molecule has 1 aliphatic heterocycles. The average molecular weight is 246 g/mol. The zero-order valence-corrected chi connectivity index (χ0v) is 11.0. The summed E-state index contributed by atoms with van der Waals surface area (Å²) < 4.78 is 0.750. The van der Waals surface area contributed by atoms with Gasteiger partial charge in [0.15, 0.2) is 0 Å². The van der Waals surface area contributed by atoms with E-state index in [9.17, 15) is 4.79 Å². The fourth-order valence-electron chi connectivity index (χ4n) is 1.59. The lowest BCUT2D eigenvalue weighted by Gasteiger charge is -2.20. The molecule has 1 aliphatic rings. The summed E-state index contributed by atoms with van der Waals surface area (Å²) in [5.74, 6) is 0.703. The number of thioether (sulfide) groups is 1. The van der Waals surface area contributed by atoms with Crippen molar-refractivity contribution in [2.45, 2.75) is 20.3 Å². The van der Waals surface area contributed by atoms with Crippen molar-refractivity contribution in [1.82, 2.24) is 9.80 Å². The van der Waals surface area contributed by atoms with Crippen LogP contribution in [0.1, 0.15) is 20.3 Å². The Hall–Kier alpha value is -0.130. The second-order valence-corrected chi connectivity index (χ2v) is 5.09. The van der Waals surface area contributed by atoms with Gasteiger partial charge in [-0.05, 0) is 26.1 Å². The maximum absolute atomic E-state index is 11.4. The molecule has 3 nitrogen and oxygen atoms in total. The normalized spacial score (nSPS) is 16.9. The highest BCUT2D eigenvalue weighted by Crippen LogP contribution is 2.19. The Balaban J connectivity index is 2.24. The number of rotatable bonds is 6. The summed E-state index contributed by atoms with van der Waals surface area (Å²) in [6, 6.07) is 0. The molecule has 0 aromatic heterocycles. The molecule has 1 heterocycles. The molecule has 0 unspecified atom stereocenters. The van der Waals surface area contributed by atoms with Gasteiger partial charge in [-0.2, -0.15) is 0 Å². The predicted molar refractivity (Wildman–Crippen MR) is 69.2 cm³/mol. The van der Waals surface area contributed by atoms with Gasteiger partial charge in [-0.1, -0.05) is 37.8 Å². The van der Waals surface area contributed by atoms with E-state index in [4.69, 9.17) is 12.2 Å². The van der Waals surface area contributed by atoms with Gasteiger partial charge in [0.05, 0.1) is 5.75 Å². The molecule has 5 heteroatoms. The van der Waals surface area contributed by atoms with Crippen LogP contribution in [0.4, 0.5) is 0 Å². The SMILES string of the molecule is CCN(CC)CCCN1C(=O)CSC1=S. The maximum Gasteiger partial charge on any atom is 0.238 e. The first kappa shape index (κ1) is 12.9. The summed E-state index contributed by atoms with van der Waals surface area (Å²) in [6.45, 7) is 8.29. The van der Waals surface area contributed by atoms with E-state index in [1.54, 1.807) is 4.90 Å². The van der Waals surface area contributed by atoms with Gasteiger partial charge in [0.25, 0.3) is 0 Å². The van der Waals surface area contributed by atoms with Gasteiger partial charge >= 0.3 is 0 Å². The van der Waals surface area contributed by atoms with Gasteiger partial charge < -0.3 is 4.90 Å². The molecular formula is C10H18N2OS2. The summed E-state index contributed by atoms with van der Waals surface area (Å²) in [5.41, 5.74) is 0. The Labute approximate surface area is 101 Å². The molecule has 0 N–H and O–H groups in total. The first-order chi connectivity index (χ1) is 7.19. The molecule has 0 aliphatic carbocycles. The lowest BCUT2D eigenvalue weighted by Crippen LogP contribution is -2.32. The lowest BCUT2D eigenvalue weighted by atomic mass is 10.3. The van der Waals surface area contributed by atoms with Crippen molar-refractivity contribution in [2.24, 2.45) is 0 Å². The lowest BCUT2D eigenvalue weighted by molar-refractivity contribution is -0.124. The summed E-state index contributed by atoms with van der Waals surface area (Å²) in [4.78, 5) is 15.5. The Bertz CT molecular complexity index is 226. The zero-order valence-electron chi connectivity index (χ0n) is 9.36. The fraction of sp³-hybridized carbons (Fsp3) is 0.800. The van der Waals surface area contributed by atoms with E-state index in [0.29, 0.717) is 5.75 Å². The van der Waals surface area contributed by atoms with Crippen molar-refractivity contribution >= 4 is 34.2 Å². The van der Waals surface area contributed by atoms with Crippen molar-refractivity contribution in [3.8, 4) is 0 Å². The number of carbonyl (C=O) groups excluding carboxylic acids is 1. The number of nitrogens with zero attached hydrogens (tertiary/aromatic N) is 2. The minimum atomic E-state index is 0.171. The van der Waals surface area contributed by atoms with E-state index in [1.165, 1.54) is 11.8 Å². The standard InChI is InChI=1S/C10H18N2OS2/c1-3-11(4-2)6-5-7-12-9(13)8-15-10(12)14/h3-8H2,1-2H3. The Kier molecular flexibility index (Phi) is 5.56. The molecule has 0 bridgehead atoms. The molecule has 0 radical (unpaired) electrons. The molecule has 1 rings (SSSR count). The molecule has 1 amide bonds. The number of hydrogen-bond donors (Lipinski definition) is 0. The minimum Gasteiger partial charge on any atom is -0.304 e. The molecular weight excluding hydrogens is 228 g/mol. The highest BCUT2D eigenvalue weighted by atomic mass is 32.2. The van der Waals surface area contributed by atoms with Gasteiger partial charge in [-0.25, -0.2) is 0 Å². The van der Waals surface area contributed by atoms with Crippen LogP contribution >= 0.6 is 24.0 Å². The third-order valence-electron chi connectivity index (χ3n) is 2.59. The highest BCUT2D eigenvalue weighted by Gasteiger charge is 2.25. The third-order valence-corrected chi connectivity index (χ3v) is 4.02. The van der Waals surface area contributed by atoms with Crippen LogP contribution in [0.3, 0.4) is 0 Å². The van der Waals surface area contributed by atoms with Crippen LogP contribution in [0.5, 0.6) is 0 Å². The maximum atomic E-state index is 11.4. The first-order valence-corrected chi connectivity index (χ1v) is 6.77. The Morgan fingerprint density at radius 2 is 2.13 bits per heavy atom. The van der Waals surface area contributed by atoms with Gasteiger partial charge in [-0.15, -0.1) is 0 Å². The van der Waals surface area contributed by atoms with E-state index in [0.717, 1.165) is 36.9 Å². The van der Waals surface area contributed by atoms with Gasteiger partial charge in [0.1, 0.15) is 4.32 Å². The van der Waals surface area contributed by atoms with Crippen molar-refractivity contribution < 1.29 is 4.79 Å². The average Bonchev–Trinajstić information content (AvgIpc) is 2.55. The molecule has 1 fully saturated rings. The van der Waals surface area contributed by atoms with E-state index >= 15 is 0 Å². The summed E-state index contributed by atoms with van der Waals surface area (Å²) in [5, 5.41) is 0. The minimum absolute atomic E-state index is 0.171. The van der Waals surface area contributed by atoms with Crippen molar-refractivity contribution in [3.05, 3.63) is 0 Å². The third kappa shape index (κ3) is 3.74. The number of hydrogen-bond acceptors (Lipinski definition) is 4. The van der Waals surface area contributed by atoms with Crippen LogP contribution in [0.25, 0.3) is 0 Å². The fourth-order valence-corrected chi connectivity index (χ4v) is 2.71. The second kappa shape index (κ2) is 6.45. The van der Waals surface area contributed by atoms with Crippen molar-refractivity contribution in [2.75, 3.05) is 31.9 Å². The molecule has 0 aromatic carbocycles. The summed E-state index contributed by atoms with van der Waals surface area (Å²) >= 11 is 6.59. The highest BCUT2D eigenvalue weighted by molar-refractivity contribution is 8.23. The Morgan fingerprint density at radius 3 is 2.60 bits per heavy atom. The Morgan fingerprint density at radius 1 is 1.47 bits per heavy atom. The smallest absolute Gasteiger partial charge is 0.238 e. The molecule has 1 saturated heterocycles. The topological polar surface area (TPSA) is 23.6 Å². The molecule has 0 aromatic rings. The van der Waals surface area contributed by atoms with Gasteiger partial charge in [0.2, 0.25) is 5.91 Å². The van der Waals surface area contributed by atoms with Crippen LogP contribution in [0, 0.1) is 0 Å². The van der Waals surface area contributed by atoms with Gasteiger partial charge in [0, 0.05) is 6.54 Å². The molecule has 0 spiro atoms. The largest absolute Gasteiger partial charge is 0.304 e. The molecule has 0 atom stereocenters. The number of thiocarbonyl (C=S) groups is 1. The first-order valence-electron chi connectivity index (χ1n) is 5.38. The zero-order chi connectivity index (χ0) is 11.3. The van der Waals surface area contributed by atoms with E-state index < -0.39 is 0 Å². The predicted octanol–water partition coefficient (Wildman–Crippen LogP) is 1.58. The molecule has 86 valence electrons. The van der Waals surface area contributed by atoms with Crippen LogP contribution in [0.15, 0.2) is 0 Å². The van der Waals surface area contributed by atoms with Crippen LogP contribution in [-0.2, 0) is 4.79 Å². The molecule has 15 heavy (non-hydrogen) atoms. The van der Waals surface area contributed by atoms with E-state index in [2.05, 4.69) is 18.7 Å². The van der Waals surface area contributed by atoms with Crippen molar-refractivity contribution in [1.29, 1.82) is 0 Å². The van der Waals surface area contributed by atoms with Crippen molar-refractivity contribution in [3.63, 3.8) is 0 Å². The summed E-state index contributed by atoms with van der Waals surface area (Å²) in [6.07, 6.45) is 1.01. The van der Waals surface area contributed by atoms with Gasteiger partial charge in [-0.3, -0.25) is 9.69 Å². The second-order valence-electron chi connectivity index (χ2n) is 3.48. The van der Waals surface area contributed by atoms with Crippen LogP contribution in [-0.4, -0.2) is 52.0 Å². The molecule has 0 saturated carbocycles. The number of amides is 1. The van der Waals surface area contributed by atoms with E-state index in [-0.39, 0.29) is 5.91 Å².